The molecule has 1 heterocycles. The van der Waals surface area contributed by atoms with Gasteiger partial charge in [0, 0.05) is 0 Å². The van der Waals surface area contributed by atoms with E-state index in [2.05, 4.69) is 32.9 Å². The van der Waals surface area contributed by atoms with Crippen LogP contribution in [0.2, 0.25) is 14.8 Å². The van der Waals surface area contributed by atoms with Gasteiger partial charge in [0.15, 0.2) is 0 Å². The zero-order valence-corrected chi connectivity index (χ0v) is 16.8. The number of aromatic nitrogens is 2. The van der Waals surface area contributed by atoms with Gasteiger partial charge in [0.2, 0.25) is 0 Å². The zero-order chi connectivity index (χ0) is 16.0. The zero-order valence-electron chi connectivity index (χ0n) is 13.9. The monoisotopic (exact) mass is 396 g/mol. The van der Waals surface area contributed by atoms with E-state index in [4.69, 9.17) is 4.74 Å². The van der Waals surface area contributed by atoms with Gasteiger partial charge in [-0.25, -0.2) is 0 Å². The Balaban J connectivity index is 2.63. The summed E-state index contributed by atoms with van der Waals surface area (Å²) in [4.78, 5) is 19.3. The summed E-state index contributed by atoms with van der Waals surface area (Å²) in [5.41, 5.74) is 1.50. The average Bonchev–Trinajstić information content (AvgIpc) is 2.64. The normalized spacial score (nSPS) is 12.7. The molecule has 0 saturated carbocycles. The van der Waals surface area contributed by atoms with Gasteiger partial charge in [-0.15, -0.1) is 0 Å². The first-order valence-corrected chi connectivity index (χ1v) is 17.2. The van der Waals surface area contributed by atoms with Crippen molar-refractivity contribution in [3.8, 4) is 0 Å². The number of aryl methyl sites for hydroxylation is 1. The Hall–Kier alpha value is -1.04. The molecular formula is C16H24N2O2Sn. The van der Waals surface area contributed by atoms with Crippen molar-refractivity contribution in [3.05, 3.63) is 23.8 Å². The molecule has 0 unspecified atom stereocenters. The van der Waals surface area contributed by atoms with E-state index in [0.717, 1.165) is 14.6 Å². The van der Waals surface area contributed by atoms with Gasteiger partial charge in [-0.2, -0.15) is 0 Å². The fourth-order valence-corrected chi connectivity index (χ4v) is 6.25. The summed E-state index contributed by atoms with van der Waals surface area (Å²) in [5, 5.41) is 5.72. The van der Waals surface area contributed by atoms with Crippen molar-refractivity contribution in [1.82, 2.24) is 9.78 Å². The first kappa shape index (κ1) is 16.3. The van der Waals surface area contributed by atoms with Gasteiger partial charge in [-0.1, -0.05) is 0 Å². The third-order valence-electron chi connectivity index (χ3n) is 3.11. The molecular weight excluding hydrogens is 371 g/mol. The van der Waals surface area contributed by atoms with Crippen LogP contribution >= 0.6 is 0 Å². The van der Waals surface area contributed by atoms with Crippen molar-refractivity contribution in [3.63, 3.8) is 0 Å². The van der Waals surface area contributed by atoms with E-state index in [9.17, 15) is 4.79 Å². The van der Waals surface area contributed by atoms with Gasteiger partial charge in [0.25, 0.3) is 0 Å². The molecule has 0 atom stereocenters. The summed E-state index contributed by atoms with van der Waals surface area (Å²) in [5.74, 6) is 0. The molecule has 0 aliphatic rings. The van der Waals surface area contributed by atoms with Crippen LogP contribution in [0.3, 0.4) is 0 Å². The molecule has 5 heteroatoms. The summed E-state index contributed by atoms with van der Waals surface area (Å²) in [6.45, 7) is 7.66. The van der Waals surface area contributed by atoms with Crippen LogP contribution in [0.15, 0.2) is 18.2 Å². The summed E-state index contributed by atoms with van der Waals surface area (Å²) in [7, 11) is 0. The van der Waals surface area contributed by atoms with Gasteiger partial charge in [0.1, 0.15) is 0 Å². The molecule has 0 fully saturated rings. The SMILES string of the molecule is Cc1ccc2c(c1)[c]([Sn]([CH3])([CH3])[CH3])nn2C(=O)OC(C)(C)C. The Labute approximate surface area is 130 Å². The summed E-state index contributed by atoms with van der Waals surface area (Å²) < 4.78 is 8.02. The Morgan fingerprint density at radius 2 is 1.86 bits per heavy atom. The quantitative estimate of drug-likeness (QED) is 0.693. The average molecular weight is 395 g/mol. The Bertz CT molecular complexity index is 691. The number of benzene rings is 1. The van der Waals surface area contributed by atoms with E-state index in [1.54, 1.807) is 0 Å². The summed E-state index contributed by atoms with van der Waals surface area (Å²) >= 11 is -2.41. The Morgan fingerprint density at radius 3 is 2.38 bits per heavy atom. The van der Waals surface area contributed by atoms with Crippen LogP contribution in [0.1, 0.15) is 26.3 Å². The van der Waals surface area contributed by atoms with E-state index in [0.29, 0.717) is 0 Å². The van der Waals surface area contributed by atoms with Crippen molar-refractivity contribution in [2.24, 2.45) is 0 Å². The van der Waals surface area contributed by atoms with Crippen LogP contribution in [-0.4, -0.2) is 39.9 Å². The van der Waals surface area contributed by atoms with Crippen LogP contribution in [0.5, 0.6) is 0 Å². The fourth-order valence-electron chi connectivity index (χ4n) is 2.23. The number of fused-ring (bicyclic) bond motifs is 1. The molecule has 21 heavy (non-hydrogen) atoms. The summed E-state index contributed by atoms with van der Waals surface area (Å²) in [6.07, 6.45) is -0.404. The molecule has 1 aromatic carbocycles. The molecule has 1 aromatic heterocycles. The standard InChI is InChI=1S/C13H15N2O2.3CH3.Sn/c1-9-5-6-11-10(7-9)8-14-15(11)12(16)17-13(2,3)4;;;;/h5-7H,1-4H3;3*1H3;. The molecule has 0 spiro atoms. The number of ether oxygens (including phenoxy) is 1. The van der Waals surface area contributed by atoms with Crippen LogP contribution in [-0.2, 0) is 4.74 Å². The van der Waals surface area contributed by atoms with Crippen LogP contribution in [0.4, 0.5) is 4.79 Å². The molecule has 0 aliphatic carbocycles. The van der Waals surface area contributed by atoms with Gasteiger partial charge in [0.05, 0.1) is 0 Å². The molecule has 0 radical (unpaired) electrons. The van der Waals surface area contributed by atoms with E-state index < -0.39 is 30.1 Å². The third kappa shape index (κ3) is 3.59. The van der Waals surface area contributed by atoms with Crippen molar-refractivity contribution in [2.75, 3.05) is 0 Å². The molecule has 2 rings (SSSR count). The maximum atomic E-state index is 12.4. The topological polar surface area (TPSA) is 44.1 Å². The molecule has 0 aliphatic heterocycles. The first-order valence-electron chi connectivity index (χ1n) is 7.22. The number of hydrogen-bond donors (Lipinski definition) is 0. The summed E-state index contributed by atoms with van der Waals surface area (Å²) in [6, 6.07) is 6.09. The van der Waals surface area contributed by atoms with Crippen LogP contribution in [0, 0.1) is 6.92 Å². The molecule has 0 N–H and O–H groups in total. The Morgan fingerprint density at radius 1 is 1.24 bits per heavy atom. The number of rotatable bonds is 1. The molecule has 4 nitrogen and oxygen atoms in total. The predicted molar refractivity (Wildman–Crippen MR) is 89.1 cm³/mol. The molecule has 0 bridgehead atoms. The number of nitrogens with zero attached hydrogens (tertiary/aromatic N) is 2. The minimum absolute atomic E-state index is 0.404. The van der Waals surface area contributed by atoms with Crippen molar-refractivity contribution in [1.29, 1.82) is 0 Å². The fraction of sp³-hybridized carbons (Fsp3) is 0.500. The third-order valence-corrected chi connectivity index (χ3v) is 8.22. The van der Waals surface area contributed by atoms with E-state index in [1.165, 1.54) is 10.2 Å². The van der Waals surface area contributed by atoms with E-state index in [-0.39, 0.29) is 0 Å². The van der Waals surface area contributed by atoms with Crippen molar-refractivity contribution < 1.29 is 9.53 Å². The minimum atomic E-state index is -2.41. The number of hydrogen-bond acceptors (Lipinski definition) is 3. The predicted octanol–water partition coefficient (Wildman–Crippen LogP) is 3.67. The number of carbonyl (C=O) groups is 1. The van der Waals surface area contributed by atoms with Crippen molar-refractivity contribution >= 4 is 39.1 Å². The maximum absolute atomic E-state index is 12.4. The first-order chi connectivity index (χ1) is 9.49. The molecule has 0 saturated heterocycles. The van der Waals surface area contributed by atoms with Gasteiger partial charge >= 0.3 is 130 Å². The van der Waals surface area contributed by atoms with Crippen molar-refractivity contribution in [2.45, 2.75) is 48.1 Å². The molecule has 114 valence electrons. The molecule has 2 aromatic rings. The van der Waals surface area contributed by atoms with Crippen LogP contribution < -0.4 is 3.71 Å². The molecule has 0 amide bonds. The second kappa shape index (κ2) is 5.30. The van der Waals surface area contributed by atoms with E-state index in [1.807, 2.05) is 32.9 Å². The van der Waals surface area contributed by atoms with Gasteiger partial charge < -0.3 is 0 Å². The van der Waals surface area contributed by atoms with Gasteiger partial charge in [-0.3, -0.25) is 0 Å². The van der Waals surface area contributed by atoms with Crippen LogP contribution in [0.25, 0.3) is 10.9 Å². The van der Waals surface area contributed by atoms with Gasteiger partial charge in [-0.05, 0) is 0 Å². The second-order valence-corrected chi connectivity index (χ2v) is 21.7. The second-order valence-electron chi connectivity index (χ2n) is 7.51. The van der Waals surface area contributed by atoms with E-state index >= 15 is 0 Å². The Kier molecular flexibility index (Phi) is 4.12. The number of carbonyl (C=O) groups excluding carboxylic acids is 1.